The van der Waals surface area contributed by atoms with Gasteiger partial charge in [-0.3, -0.25) is 4.79 Å². The maximum atomic E-state index is 12.3. The van der Waals surface area contributed by atoms with Gasteiger partial charge in [-0.25, -0.2) is 4.79 Å². The number of aryl methyl sites for hydroxylation is 1. The molecule has 2 aromatic rings. The molecular formula is C19H21NO3. The molecule has 4 heteroatoms. The number of ketones is 1. The predicted molar refractivity (Wildman–Crippen MR) is 91.2 cm³/mol. The molecule has 120 valence electrons. The average molecular weight is 311 g/mol. The van der Waals surface area contributed by atoms with Crippen LogP contribution in [0.1, 0.15) is 33.2 Å². The van der Waals surface area contributed by atoms with Crippen LogP contribution in [0.5, 0.6) is 0 Å². The molecule has 0 heterocycles. The van der Waals surface area contributed by atoms with E-state index in [1.807, 2.05) is 44.1 Å². The Balaban J connectivity index is 2.08. The monoisotopic (exact) mass is 311 g/mol. The first-order valence-corrected chi connectivity index (χ1v) is 7.47. The van der Waals surface area contributed by atoms with Crippen LogP contribution in [0.4, 0.5) is 5.69 Å². The molecule has 0 amide bonds. The fraction of sp³-hybridized carbons (Fsp3) is 0.263. The third kappa shape index (κ3) is 4.19. The van der Waals surface area contributed by atoms with E-state index in [0.717, 1.165) is 11.3 Å². The Morgan fingerprint density at radius 1 is 1.00 bits per heavy atom. The number of benzene rings is 2. The zero-order chi connectivity index (χ0) is 17.0. The van der Waals surface area contributed by atoms with Crippen LogP contribution in [-0.4, -0.2) is 32.0 Å². The Bertz CT molecular complexity index is 705. The van der Waals surface area contributed by atoms with Gasteiger partial charge in [0.25, 0.3) is 0 Å². The van der Waals surface area contributed by atoms with Gasteiger partial charge in [-0.2, -0.15) is 0 Å². The lowest BCUT2D eigenvalue weighted by Crippen LogP contribution is -2.24. The van der Waals surface area contributed by atoms with Crippen LogP contribution >= 0.6 is 0 Å². The first-order valence-electron chi connectivity index (χ1n) is 7.47. The number of esters is 1. The first kappa shape index (κ1) is 16.7. The summed E-state index contributed by atoms with van der Waals surface area (Å²) in [5, 5.41) is 0. The van der Waals surface area contributed by atoms with Crippen molar-refractivity contribution in [2.45, 2.75) is 20.0 Å². The topological polar surface area (TPSA) is 46.6 Å². The number of nitrogens with zero attached hydrogens (tertiary/aromatic N) is 1. The van der Waals surface area contributed by atoms with E-state index >= 15 is 0 Å². The summed E-state index contributed by atoms with van der Waals surface area (Å²) >= 11 is 0. The molecule has 2 rings (SSSR count). The summed E-state index contributed by atoms with van der Waals surface area (Å²) < 4.78 is 5.31. The third-order valence-corrected chi connectivity index (χ3v) is 3.59. The molecule has 0 aliphatic carbocycles. The van der Waals surface area contributed by atoms with Crippen molar-refractivity contribution in [3.8, 4) is 0 Å². The second-order valence-corrected chi connectivity index (χ2v) is 5.72. The molecule has 2 aromatic carbocycles. The van der Waals surface area contributed by atoms with Gasteiger partial charge in [0.05, 0.1) is 5.56 Å². The second kappa shape index (κ2) is 7.09. The zero-order valence-electron chi connectivity index (χ0n) is 13.9. The summed E-state index contributed by atoms with van der Waals surface area (Å²) in [6.45, 7) is 3.55. The summed E-state index contributed by atoms with van der Waals surface area (Å²) in [5.41, 5.74) is 2.95. The van der Waals surface area contributed by atoms with Gasteiger partial charge < -0.3 is 9.64 Å². The smallest absolute Gasteiger partial charge is 0.338 e. The van der Waals surface area contributed by atoms with Crippen LogP contribution < -0.4 is 4.90 Å². The van der Waals surface area contributed by atoms with Crippen molar-refractivity contribution in [1.29, 1.82) is 0 Å². The minimum Gasteiger partial charge on any atom is -0.451 e. The molecule has 0 spiro atoms. The molecule has 0 aliphatic rings. The van der Waals surface area contributed by atoms with Crippen molar-refractivity contribution in [2.75, 3.05) is 19.0 Å². The van der Waals surface area contributed by atoms with E-state index in [4.69, 9.17) is 4.74 Å². The zero-order valence-corrected chi connectivity index (χ0v) is 13.9. The molecule has 0 aliphatic heterocycles. The van der Waals surface area contributed by atoms with Crippen molar-refractivity contribution in [3.63, 3.8) is 0 Å². The normalized spacial score (nSPS) is 11.7. The van der Waals surface area contributed by atoms with Crippen molar-refractivity contribution in [3.05, 3.63) is 65.2 Å². The molecule has 0 radical (unpaired) electrons. The number of carbonyl (C=O) groups is 2. The van der Waals surface area contributed by atoms with E-state index in [2.05, 4.69) is 0 Å². The molecule has 0 fully saturated rings. The van der Waals surface area contributed by atoms with Gasteiger partial charge in [-0.15, -0.1) is 0 Å². The molecule has 0 saturated heterocycles. The van der Waals surface area contributed by atoms with Gasteiger partial charge >= 0.3 is 5.97 Å². The molecule has 0 N–H and O–H groups in total. The third-order valence-electron chi connectivity index (χ3n) is 3.59. The summed E-state index contributed by atoms with van der Waals surface area (Å²) in [6.07, 6.45) is -0.826. The van der Waals surface area contributed by atoms with Crippen molar-refractivity contribution < 1.29 is 14.3 Å². The molecule has 23 heavy (non-hydrogen) atoms. The SMILES string of the molecule is Cc1ccc(C(=O)[C@H](C)OC(=O)c2cccc(N(C)C)c2)cc1. The van der Waals surface area contributed by atoms with Crippen molar-refractivity contribution >= 4 is 17.4 Å². The fourth-order valence-corrected chi connectivity index (χ4v) is 2.15. The lowest BCUT2D eigenvalue weighted by Gasteiger charge is -2.15. The van der Waals surface area contributed by atoms with Gasteiger partial charge in [0, 0.05) is 25.3 Å². The highest BCUT2D eigenvalue weighted by Gasteiger charge is 2.20. The van der Waals surface area contributed by atoms with E-state index < -0.39 is 12.1 Å². The molecule has 1 atom stereocenters. The minimum absolute atomic E-state index is 0.206. The second-order valence-electron chi connectivity index (χ2n) is 5.72. The predicted octanol–water partition coefficient (Wildman–Crippen LogP) is 3.49. The highest BCUT2D eigenvalue weighted by atomic mass is 16.5. The van der Waals surface area contributed by atoms with Crippen LogP contribution in [0.15, 0.2) is 48.5 Å². The van der Waals surface area contributed by atoms with Crippen LogP contribution in [0.25, 0.3) is 0 Å². The first-order chi connectivity index (χ1) is 10.9. The fourth-order valence-electron chi connectivity index (χ4n) is 2.15. The van der Waals surface area contributed by atoms with Gasteiger partial charge in [-0.05, 0) is 32.0 Å². The quantitative estimate of drug-likeness (QED) is 0.626. The van der Waals surface area contributed by atoms with Crippen molar-refractivity contribution in [2.24, 2.45) is 0 Å². The Labute approximate surface area is 136 Å². The van der Waals surface area contributed by atoms with Crippen LogP contribution in [0.3, 0.4) is 0 Å². The van der Waals surface area contributed by atoms with Gasteiger partial charge in [0.2, 0.25) is 5.78 Å². The van der Waals surface area contributed by atoms with E-state index in [9.17, 15) is 9.59 Å². The Morgan fingerprint density at radius 2 is 1.65 bits per heavy atom. The lowest BCUT2D eigenvalue weighted by molar-refractivity contribution is 0.0319. The van der Waals surface area contributed by atoms with Crippen LogP contribution in [-0.2, 0) is 4.74 Å². The molecule has 0 aromatic heterocycles. The standard InChI is InChI=1S/C19H21NO3/c1-13-8-10-15(11-9-13)18(21)14(2)23-19(22)16-6-5-7-17(12-16)20(3)4/h5-12,14H,1-4H3/t14-/m0/s1. The molecule has 0 unspecified atom stereocenters. The summed E-state index contributed by atoms with van der Waals surface area (Å²) in [5.74, 6) is -0.705. The summed E-state index contributed by atoms with van der Waals surface area (Å²) in [7, 11) is 3.79. The minimum atomic E-state index is -0.826. The molecular weight excluding hydrogens is 290 g/mol. The Kier molecular flexibility index (Phi) is 5.16. The summed E-state index contributed by atoms with van der Waals surface area (Å²) in [4.78, 5) is 26.4. The van der Waals surface area contributed by atoms with E-state index in [-0.39, 0.29) is 5.78 Å². The van der Waals surface area contributed by atoms with E-state index in [1.165, 1.54) is 0 Å². The number of carbonyl (C=O) groups excluding carboxylic acids is 2. The van der Waals surface area contributed by atoms with E-state index in [0.29, 0.717) is 11.1 Å². The van der Waals surface area contributed by atoms with Gasteiger partial charge in [-0.1, -0.05) is 35.9 Å². The molecule has 4 nitrogen and oxygen atoms in total. The highest BCUT2D eigenvalue weighted by Crippen LogP contribution is 2.16. The largest absolute Gasteiger partial charge is 0.451 e. The maximum Gasteiger partial charge on any atom is 0.338 e. The highest BCUT2D eigenvalue weighted by molar-refractivity contribution is 6.01. The lowest BCUT2D eigenvalue weighted by atomic mass is 10.1. The number of ether oxygens (including phenoxy) is 1. The number of Topliss-reactive ketones (excluding diaryl/α,β-unsaturated/α-hetero) is 1. The molecule has 0 saturated carbocycles. The average Bonchev–Trinajstić information content (AvgIpc) is 2.54. The summed E-state index contributed by atoms with van der Waals surface area (Å²) in [6, 6.07) is 14.3. The molecule has 0 bridgehead atoms. The number of hydrogen-bond acceptors (Lipinski definition) is 4. The Hall–Kier alpha value is -2.62. The van der Waals surface area contributed by atoms with Gasteiger partial charge in [0.1, 0.15) is 0 Å². The van der Waals surface area contributed by atoms with E-state index in [1.54, 1.807) is 37.3 Å². The van der Waals surface area contributed by atoms with Crippen LogP contribution in [0.2, 0.25) is 0 Å². The van der Waals surface area contributed by atoms with Crippen LogP contribution in [0, 0.1) is 6.92 Å². The Morgan fingerprint density at radius 3 is 2.26 bits per heavy atom. The number of hydrogen-bond donors (Lipinski definition) is 0. The number of anilines is 1. The van der Waals surface area contributed by atoms with Gasteiger partial charge in [0.15, 0.2) is 6.10 Å². The number of rotatable bonds is 5. The maximum absolute atomic E-state index is 12.3. The van der Waals surface area contributed by atoms with Crippen molar-refractivity contribution in [1.82, 2.24) is 0 Å².